The van der Waals surface area contributed by atoms with E-state index in [1.54, 1.807) is 42.5 Å². The van der Waals surface area contributed by atoms with E-state index in [0.29, 0.717) is 22.2 Å². The van der Waals surface area contributed by atoms with Gasteiger partial charge in [0.2, 0.25) is 0 Å². The van der Waals surface area contributed by atoms with Gasteiger partial charge in [-0.1, -0.05) is 87.2 Å². The third kappa shape index (κ3) is 8.92. The van der Waals surface area contributed by atoms with Crippen LogP contribution in [0.4, 0.5) is 0 Å². The van der Waals surface area contributed by atoms with Crippen molar-refractivity contribution >= 4 is 35.1 Å². The van der Waals surface area contributed by atoms with Crippen LogP contribution in [-0.2, 0) is 16.1 Å². The Kier molecular flexibility index (Phi) is 11.5. The number of hydrogen-bond acceptors (Lipinski definition) is 4. The molecule has 0 N–H and O–H groups in total. The van der Waals surface area contributed by atoms with Gasteiger partial charge in [0, 0.05) is 15.6 Å². The molecule has 0 radical (unpaired) electrons. The van der Waals surface area contributed by atoms with Gasteiger partial charge in [-0.3, -0.25) is 0 Å². The molecule has 0 saturated carbocycles. The Hall–Kier alpha value is -2.04. The lowest BCUT2D eigenvalue weighted by Crippen LogP contribution is -2.14. The summed E-state index contributed by atoms with van der Waals surface area (Å²) in [4.78, 5) is 25.0. The molecule has 4 nitrogen and oxygen atoms in total. The average molecular weight is 465 g/mol. The van der Waals surface area contributed by atoms with E-state index < -0.39 is 11.9 Å². The van der Waals surface area contributed by atoms with Crippen molar-refractivity contribution in [1.29, 1.82) is 0 Å². The summed E-state index contributed by atoms with van der Waals surface area (Å²) in [5, 5.41) is 0.954. The number of rotatable bonds is 13. The van der Waals surface area contributed by atoms with Gasteiger partial charge in [0.15, 0.2) is 0 Å². The Morgan fingerprint density at radius 2 is 1.35 bits per heavy atom. The topological polar surface area (TPSA) is 52.6 Å². The van der Waals surface area contributed by atoms with Gasteiger partial charge in [-0.2, -0.15) is 0 Å². The minimum atomic E-state index is -0.615. The molecule has 2 rings (SSSR count). The predicted octanol–water partition coefficient (Wildman–Crippen LogP) is 7.65. The van der Waals surface area contributed by atoms with Crippen LogP contribution in [0.3, 0.4) is 0 Å². The van der Waals surface area contributed by atoms with E-state index in [1.165, 1.54) is 32.1 Å². The van der Waals surface area contributed by atoms with Crippen LogP contribution in [0.5, 0.6) is 0 Å². The van der Waals surface area contributed by atoms with Crippen LogP contribution in [-0.4, -0.2) is 18.5 Å². The monoisotopic (exact) mass is 464 g/mol. The fourth-order valence-corrected chi connectivity index (χ4v) is 3.56. The van der Waals surface area contributed by atoms with Gasteiger partial charge < -0.3 is 9.47 Å². The number of ether oxygens (including phenoxy) is 2. The van der Waals surface area contributed by atoms with Gasteiger partial charge in [-0.25, -0.2) is 9.59 Å². The third-order valence-corrected chi connectivity index (χ3v) is 5.57. The van der Waals surface area contributed by atoms with Crippen LogP contribution in [0.2, 0.25) is 10.0 Å². The molecule has 0 atom stereocenters. The molecule has 6 heteroatoms. The highest BCUT2D eigenvalue weighted by atomic mass is 35.5. The number of carbonyl (C=O) groups is 2. The van der Waals surface area contributed by atoms with E-state index in [-0.39, 0.29) is 17.7 Å². The smallest absolute Gasteiger partial charge is 0.339 e. The molecular weight excluding hydrogens is 435 g/mol. The third-order valence-electron chi connectivity index (χ3n) is 4.96. The first-order chi connectivity index (χ1) is 15.0. The lowest BCUT2D eigenvalue weighted by Gasteiger charge is -2.11. The molecule has 168 valence electrons. The van der Waals surface area contributed by atoms with E-state index in [2.05, 4.69) is 6.92 Å². The molecule has 31 heavy (non-hydrogen) atoms. The molecule has 0 amide bonds. The number of unbranched alkanes of at least 4 members (excludes halogenated alkanes) is 7. The van der Waals surface area contributed by atoms with Gasteiger partial charge in [-0.05, 0) is 36.8 Å². The highest BCUT2D eigenvalue weighted by Gasteiger charge is 2.19. The standard InChI is InChI=1S/C25H30Cl2O4/c1-2-3-4-5-6-7-8-11-16-30-24(28)21-12-9-10-13-22(21)25(29)31-18-19-17-20(26)14-15-23(19)27/h9-10,12-15,17H,2-8,11,16,18H2,1H3. The average Bonchev–Trinajstić information content (AvgIpc) is 2.78. The van der Waals surface area contributed by atoms with Crippen molar-refractivity contribution in [2.24, 2.45) is 0 Å². The zero-order valence-electron chi connectivity index (χ0n) is 18.0. The van der Waals surface area contributed by atoms with Crippen LogP contribution in [0.1, 0.15) is 84.6 Å². The first-order valence-electron chi connectivity index (χ1n) is 10.9. The molecule has 0 bridgehead atoms. The molecule has 2 aromatic carbocycles. The summed E-state index contributed by atoms with van der Waals surface area (Å²) in [6.07, 6.45) is 9.33. The molecule has 0 fully saturated rings. The quantitative estimate of drug-likeness (QED) is 0.225. The molecule has 0 saturated heterocycles. The van der Waals surface area contributed by atoms with Crippen LogP contribution in [0, 0.1) is 0 Å². The Morgan fingerprint density at radius 3 is 2.00 bits per heavy atom. The van der Waals surface area contributed by atoms with E-state index >= 15 is 0 Å². The fourth-order valence-electron chi connectivity index (χ4n) is 3.19. The highest BCUT2D eigenvalue weighted by Crippen LogP contribution is 2.22. The number of esters is 2. The Labute approximate surface area is 194 Å². The number of hydrogen-bond donors (Lipinski definition) is 0. The van der Waals surface area contributed by atoms with E-state index in [9.17, 15) is 9.59 Å². The van der Waals surface area contributed by atoms with Gasteiger partial charge in [0.1, 0.15) is 6.61 Å². The highest BCUT2D eigenvalue weighted by molar-refractivity contribution is 6.33. The molecule has 2 aromatic rings. The van der Waals surface area contributed by atoms with Crippen molar-refractivity contribution < 1.29 is 19.1 Å². The lowest BCUT2D eigenvalue weighted by atomic mass is 10.1. The summed E-state index contributed by atoms with van der Waals surface area (Å²) in [5.41, 5.74) is 0.961. The molecule has 0 spiro atoms. The molecular formula is C25H30Cl2O4. The Balaban J connectivity index is 1.81. The number of carbonyl (C=O) groups excluding carboxylic acids is 2. The maximum Gasteiger partial charge on any atom is 0.339 e. The van der Waals surface area contributed by atoms with Crippen molar-refractivity contribution in [3.05, 3.63) is 69.2 Å². The number of halogens is 2. The van der Waals surface area contributed by atoms with Gasteiger partial charge in [0.05, 0.1) is 17.7 Å². The first-order valence-corrected chi connectivity index (χ1v) is 11.7. The summed E-state index contributed by atoms with van der Waals surface area (Å²) >= 11 is 12.1. The number of benzene rings is 2. The summed E-state index contributed by atoms with van der Waals surface area (Å²) in [6, 6.07) is 11.4. The summed E-state index contributed by atoms with van der Waals surface area (Å²) in [7, 11) is 0. The van der Waals surface area contributed by atoms with E-state index in [1.807, 2.05) is 0 Å². The fraction of sp³-hybridized carbons (Fsp3) is 0.440. The Morgan fingerprint density at radius 1 is 0.774 bits per heavy atom. The van der Waals surface area contributed by atoms with Crippen LogP contribution >= 0.6 is 23.2 Å². The summed E-state index contributed by atoms with van der Waals surface area (Å²) in [5.74, 6) is -1.13. The van der Waals surface area contributed by atoms with Gasteiger partial charge in [-0.15, -0.1) is 0 Å². The van der Waals surface area contributed by atoms with Crippen molar-refractivity contribution in [2.45, 2.75) is 64.9 Å². The van der Waals surface area contributed by atoms with Crippen LogP contribution < -0.4 is 0 Å². The normalized spacial score (nSPS) is 10.7. The van der Waals surface area contributed by atoms with Crippen molar-refractivity contribution in [3.8, 4) is 0 Å². The minimum Gasteiger partial charge on any atom is -0.462 e. The zero-order valence-corrected chi connectivity index (χ0v) is 19.5. The predicted molar refractivity (Wildman–Crippen MR) is 125 cm³/mol. The Bertz CT molecular complexity index is 851. The molecule has 0 aliphatic rings. The second kappa shape index (κ2) is 14.1. The summed E-state index contributed by atoms with van der Waals surface area (Å²) in [6.45, 7) is 2.51. The molecule has 0 unspecified atom stereocenters. The molecule has 0 heterocycles. The van der Waals surface area contributed by atoms with Crippen molar-refractivity contribution in [1.82, 2.24) is 0 Å². The first kappa shape index (κ1) is 25.2. The zero-order chi connectivity index (χ0) is 22.5. The SMILES string of the molecule is CCCCCCCCCCOC(=O)c1ccccc1C(=O)OCc1cc(Cl)ccc1Cl. The maximum atomic E-state index is 12.6. The van der Waals surface area contributed by atoms with Gasteiger partial charge in [0.25, 0.3) is 0 Å². The summed E-state index contributed by atoms with van der Waals surface area (Å²) < 4.78 is 10.7. The minimum absolute atomic E-state index is 0.0418. The van der Waals surface area contributed by atoms with E-state index in [0.717, 1.165) is 19.3 Å². The van der Waals surface area contributed by atoms with E-state index in [4.69, 9.17) is 32.7 Å². The van der Waals surface area contributed by atoms with Crippen LogP contribution in [0.15, 0.2) is 42.5 Å². The second-order valence-corrected chi connectivity index (χ2v) is 8.31. The van der Waals surface area contributed by atoms with Crippen LogP contribution in [0.25, 0.3) is 0 Å². The van der Waals surface area contributed by atoms with Crippen molar-refractivity contribution in [3.63, 3.8) is 0 Å². The largest absolute Gasteiger partial charge is 0.462 e. The molecule has 0 aliphatic heterocycles. The molecule has 0 aromatic heterocycles. The maximum absolute atomic E-state index is 12.6. The lowest BCUT2D eigenvalue weighted by molar-refractivity contribution is 0.0436. The van der Waals surface area contributed by atoms with Gasteiger partial charge >= 0.3 is 11.9 Å². The molecule has 0 aliphatic carbocycles. The second-order valence-electron chi connectivity index (χ2n) is 7.47. The van der Waals surface area contributed by atoms with Crippen molar-refractivity contribution in [2.75, 3.05) is 6.61 Å².